The number of hydrogen-bond donors (Lipinski definition) is 1. The molecule has 0 bridgehead atoms. The van der Waals surface area contributed by atoms with Crippen molar-refractivity contribution in [1.29, 1.82) is 0 Å². The van der Waals surface area contributed by atoms with Gasteiger partial charge in [-0.2, -0.15) is 0 Å². The average Bonchev–Trinajstić information content (AvgIpc) is 2.92. The fourth-order valence-electron chi connectivity index (χ4n) is 2.79. The van der Waals surface area contributed by atoms with Gasteiger partial charge in [0.15, 0.2) is 0 Å². The molecule has 0 saturated heterocycles. The quantitative estimate of drug-likeness (QED) is 0.775. The summed E-state index contributed by atoms with van der Waals surface area (Å²) in [6, 6.07) is 16.8. The minimum absolute atomic E-state index is 0.816. The molecule has 0 spiro atoms. The Balaban J connectivity index is 2.00. The first-order valence-corrected chi connectivity index (χ1v) is 7.16. The zero-order valence-electron chi connectivity index (χ0n) is 12.5. The van der Waals surface area contributed by atoms with Crippen LogP contribution in [0.4, 0.5) is 0 Å². The van der Waals surface area contributed by atoms with Crippen LogP contribution < -0.4 is 10.1 Å². The minimum Gasteiger partial charge on any atom is -0.496 e. The molecule has 0 unspecified atom stereocenters. The van der Waals surface area contributed by atoms with Crippen molar-refractivity contribution in [3.63, 3.8) is 0 Å². The van der Waals surface area contributed by atoms with E-state index in [1.165, 1.54) is 22.0 Å². The van der Waals surface area contributed by atoms with Gasteiger partial charge in [0.25, 0.3) is 0 Å². The molecule has 3 nitrogen and oxygen atoms in total. The van der Waals surface area contributed by atoms with E-state index in [2.05, 4.69) is 52.5 Å². The predicted molar refractivity (Wildman–Crippen MR) is 86.8 cm³/mol. The van der Waals surface area contributed by atoms with Crippen molar-refractivity contribution < 1.29 is 4.74 Å². The Morgan fingerprint density at radius 3 is 2.62 bits per heavy atom. The Labute approximate surface area is 125 Å². The lowest BCUT2D eigenvalue weighted by Crippen LogP contribution is -2.05. The fraction of sp³-hybridized carbons (Fsp3) is 0.222. The maximum absolute atomic E-state index is 5.45. The summed E-state index contributed by atoms with van der Waals surface area (Å²) in [7, 11) is 3.70. The molecule has 0 saturated carbocycles. The second-order valence-electron chi connectivity index (χ2n) is 5.14. The summed E-state index contributed by atoms with van der Waals surface area (Å²) in [6.07, 6.45) is 2.15. The number of nitrogens with one attached hydrogen (secondary N) is 1. The highest BCUT2D eigenvalue weighted by Gasteiger charge is 2.07. The molecule has 3 heteroatoms. The van der Waals surface area contributed by atoms with Gasteiger partial charge in [-0.15, -0.1) is 0 Å². The molecule has 0 aliphatic carbocycles. The minimum atomic E-state index is 0.816. The smallest absolute Gasteiger partial charge is 0.123 e. The summed E-state index contributed by atoms with van der Waals surface area (Å²) in [6.45, 7) is 1.70. The first kappa shape index (κ1) is 13.7. The Kier molecular flexibility index (Phi) is 3.93. The first-order valence-electron chi connectivity index (χ1n) is 7.16. The second-order valence-corrected chi connectivity index (χ2v) is 5.14. The van der Waals surface area contributed by atoms with Crippen LogP contribution in [-0.4, -0.2) is 18.7 Å². The van der Waals surface area contributed by atoms with Crippen LogP contribution in [-0.2, 0) is 13.1 Å². The molecule has 1 heterocycles. The molecule has 108 valence electrons. The number of nitrogens with zero attached hydrogens (tertiary/aromatic N) is 1. The molecule has 0 atom stereocenters. The van der Waals surface area contributed by atoms with Gasteiger partial charge < -0.3 is 14.6 Å². The lowest BCUT2D eigenvalue weighted by atomic mass is 10.1. The average molecular weight is 280 g/mol. The Morgan fingerprint density at radius 1 is 1.00 bits per heavy atom. The van der Waals surface area contributed by atoms with E-state index in [-0.39, 0.29) is 0 Å². The summed E-state index contributed by atoms with van der Waals surface area (Å²) < 4.78 is 7.72. The predicted octanol–water partition coefficient (Wildman–Crippen LogP) is 3.42. The van der Waals surface area contributed by atoms with Gasteiger partial charge in [-0.05, 0) is 30.8 Å². The molecule has 3 rings (SSSR count). The van der Waals surface area contributed by atoms with E-state index in [9.17, 15) is 0 Å². The molecular formula is C18H20N2O. The molecule has 1 N–H and O–H groups in total. The maximum Gasteiger partial charge on any atom is 0.123 e. The van der Waals surface area contributed by atoms with E-state index < -0.39 is 0 Å². The van der Waals surface area contributed by atoms with Gasteiger partial charge in [0.1, 0.15) is 5.75 Å². The molecule has 2 aromatic carbocycles. The second kappa shape index (κ2) is 6.02. The van der Waals surface area contributed by atoms with E-state index in [4.69, 9.17) is 4.74 Å². The van der Waals surface area contributed by atoms with E-state index in [0.717, 1.165) is 18.8 Å². The van der Waals surface area contributed by atoms with Crippen LogP contribution in [0.1, 0.15) is 11.1 Å². The van der Waals surface area contributed by atoms with Gasteiger partial charge in [-0.1, -0.05) is 30.3 Å². The molecule has 0 aliphatic heterocycles. The van der Waals surface area contributed by atoms with Gasteiger partial charge in [0, 0.05) is 29.2 Å². The molecular weight excluding hydrogens is 260 g/mol. The van der Waals surface area contributed by atoms with Gasteiger partial charge in [-0.25, -0.2) is 0 Å². The van der Waals surface area contributed by atoms with E-state index in [1.807, 2.05) is 19.2 Å². The van der Waals surface area contributed by atoms with Gasteiger partial charge in [0.2, 0.25) is 0 Å². The third-order valence-electron chi connectivity index (χ3n) is 3.80. The Bertz CT molecular complexity index is 746. The molecule has 0 radical (unpaired) electrons. The number of hydrogen-bond acceptors (Lipinski definition) is 2. The molecule has 0 aliphatic rings. The van der Waals surface area contributed by atoms with Crippen molar-refractivity contribution in [2.75, 3.05) is 14.2 Å². The number of benzene rings is 2. The number of aromatic nitrogens is 1. The van der Waals surface area contributed by atoms with E-state index in [1.54, 1.807) is 7.11 Å². The van der Waals surface area contributed by atoms with Crippen LogP contribution in [0.15, 0.2) is 54.7 Å². The van der Waals surface area contributed by atoms with Crippen molar-refractivity contribution in [2.24, 2.45) is 0 Å². The summed E-state index contributed by atoms with van der Waals surface area (Å²) in [5, 5.41) is 4.53. The lowest BCUT2D eigenvalue weighted by Gasteiger charge is -2.11. The van der Waals surface area contributed by atoms with Crippen molar-refractivity contribution in [3.8, 4) is 5.75 Å². The Morgan fingerprint density at radius 2 is 1.81 bits per heavy atom. The number of ether oxygens (including phenoxy) is 1. The van der Waals surface area contributed by atoms with Crippen LogP contribution in [0.3, 0.4) is 0 Å². The van der Waals surface area contributed by atoms with Crippen molar-refractivity contribution >= 4 is 10.9 Å². The van der Waals surface area contributed by atoms with Crippen LogP contribution in [0, 0.1) is 0 Å². The number of fused-ring (bicyclic) bond motifs is 1. The van der Waals surface area contributed by atoms with Crippen LogP contribution in [0.2, 0.25) is 0 Å². The highest BCUT2D eigenvalue weighted by molar-refractivity contribution is 5.83. The topological polar surface area (TPSA) is 26.2 Å². The summed E-state index contributed by atoms with van der Waals surface area (Å²) in [5.74, 6) is 0.936. The SMILES string of the molecule is CNCc1cccc2c1ccn2Cc1ccccc1OC. The zero-order valence-corrected chi connectivity index (χ0v) is 12.5. The fourth-order valence-corrected chi connectivity index (χ4v) is 2.79. The molecule has 21 heavy (non-hydrogen) atoms. The number of methoxy groups -OCH3 is 1. The summed E-state index contributed by atoms with van der Waals surface area (Å²) in [4.78, 5) is 0. The standard InChI is InChI=1S/C18H20N2O/c1-19-12-14-7-5-8-17-16(14)10-11-20(17)13-15-6-3-4-9-18(15)21-2/h3-11,19H,12-13H2,1-2H3. The molecule has 3 aromatic rings. The van der Waals surface area contributed by atoms with E-state index in [0.29, 0.717) is 0 Å². The third kappa shape index (κ3) is 2.65. The lowest BCUT2D eigenvalue weighted by molar-refractivity contribution is 0.408. The molecule has 0 fully saturated rings. The van der Waals surface area contributed by atoms with Crippen molar-refractivity contribution in [3.05, 3.63) is 65.9 Å². The third-order valence-corrected chi connectivity index (χ3v) is 3.80. The zero-order chi connectivity index (χ0) is 14.7. The van der Waals surface area contributed by atoms with Gasteiger partial charge in [-0.3, -0.25) is 0 Å². The highest BCUT2D eigenvalue weighted by Crippen LogP contribution is 2.24. The van der Waals surface area contributed by atoms with Crippen LogP contribution in [0.5, 0.6) is 5.75 Å². The van der Waals surface area contributed by atoms with Gasteiger partial charge >= 0.3 is 0 Å². The molecule has 1 aromatic heterocycles. The Hall–Kier alpha value is -2.26. The normalized spacial score (nSPS) is 11.0. The summed E-state index contributed by atoms with van der Waals surface area (Å²) >= 11 is 0. The first-order chi connectivity index (χ1) is 10.3. The van der Waals surface area contributed by atoms with E-state index >= 15 is 0 Å². The molecule has 0 amide bonds. The van der Waals surface area contributed by atoms with Crippen molar-refractivity contribution in [2.45, 2.75) is 13.1 Å². The summed E-state index contributed by atoms with van der Waals surface area (Å²) in [5.41, 5.74) is 3.78. The maximum atomic E-state index is 5.45. The van der Waals surface area contributed by atoms with Crippen molar-refractivity contribution in [1.82, 2.24) is 9.88 Å². The van der Waals surface area contributed by atoms with Gasteiger partial charge in [0.05, 0.1) is 13.7 Å². The number of rotatable bonds is 5. The monoisotopic (exact) mass is 280 g/mol. The number of para-hydroxylation sites is 1. The van der Waals surface area contributed by atoms with Crippen LogP contribution >= 0.6 is 0 Å². The largest absolute Gasteiger partial charge is 0.496 e. The van der Waals surface area contributed by atoms with Crippen LogP contribution in [0.25, 0.3) is 10.9 Å². The highest BCUT2D eigenvalue weighted by atomic mass is 16.5.